The lowest BCUT2D eigenvalue weighted by Gasteiger charge is -2.14. The van der Waals surface area contributed by atoms with Gasteiger partial charge in [0.25, 0.3) is 0 Å². The van der Waals surface area contributed by atoms with Gasteiger partial charge in [0.1, 0.15) is 11.4 Å². The smallest absolute Gasteiger partial charge is 0.341 e. The van der Waals surface area contributed by atoms with Gasteiger partial charge in [-0.05, 0) is 44.4 Å². The lowest BCUT2D eigenvalue weighted by Crippen LogP contribution is -2.19. The van der Waals surface area contributed by atoms with Gasteiger partial charge in [-0.2, -0.15) is 0 Å². The molecule has 0 spiro atoms. The van der Waals surface area contributed by atoms with Crippen LogP contribution in [0.15, 0.2) is 23.1 Å². The van der Waals surface area contributed by atoms with Gasteiger partial charge in [-0.1, -0.05) is 6.42 Å². The summed E-state index contributed by atoms with van der Waals surface area (Å²) in [4.78, 5) is 23.7. The minimum Gasteiger partial charge on any atom is -0.477 e. The predicted octanol–water partition coefficient (Wildman–Crippen LogP) is 2.71. The number of halogens is 1. The van der Waals surface area contributed by atoms with Crippen molar-refractivity contribution in [3.05, 3.63) is 39.9 Å². The Labute approximate surface area is 144 Å². The molecule has 134 valence electrons. The van der Waals surface area contributed by atoms with Gasteiger partial charge in [0.2, 0.25) is 5.43 Å². The summed E-state index contributed by atoms with van der Waals surface area (Å²) in [7, 11) is 0. The van der Waals surface area contributed by atoms with Gasteiger partial charge in [0.15, 0.2) is 0 Å². The van der Waals surface area contributed by atoms with Crippen molar-refractivity contribution >= 4 is 22.6 Å². The summed E-state index contributed by atoms with van der Waals surface area (Å²) >= 11 is 0. The largest absolute Gasteiger partial charge is 0.477 e. The van der Waals surface area contributed by atoms with E-state index in [1.54, 1.807) is 10.6 Å². The van der Waals surface area contributed by atoms with E-state index in [1.807, 2.05) is 0 Å². The van der Waals surface area contributed by atoms with Gasteiger partial charge >= 0.3 is 5.97 Å². The highest BCUT2D eigenvalue weighted by Crippen LogP contribution is 2.37. The molecule has 1 aromatic heterocycles. The third kappa shape index (κ3) is 3.66. The molecule has 0 amide bonds. The van der Waals surface area contributed by atoms with Gasteiger partial charge < -0.3 is 20.7 Å². The van der Waals surface area contributed by atoms with Crippen molar-refractivity contribution in [3.63, 3.8) is 0 Å². The Morgan fingerprint density at radius 3 is 2.72 bits per heavy atom. The zero-order valence-corrected chi connectivity index (χ0v) is 13.9. The van der Waals surface area contributed by atoms with Crippen LogP contribution in [0.25, 0.3) is 10.9 Å². The highest BCUT2D eigenvalue weighted by Gasteiger charge is 2.27. The molecule has 0 unspecified atom stereocenters. The van der Waals surface area contributed by atoms with Crippen molar-refractivity contribution in [3.8, 4) is 0 Å². The molecule has 7 heteroatoms. The monoisotopic (exact) mass is 347 g/mol. The molecule has 3 rings (SSSR count). The zero-order chi connectivity index (χ0) is 18.0. The van der Waals surface area contributed by atoms with Gasteiger partial charge in [-0.15, -0.1) is 0 Å². The number of anilines is 1. The number of carboxylic acid groups (broad SMARTS) is 1. The quantitative estimate of drug-likeness (QED) is 0.638. The first-order valence-corrected chi connectivity index (χ1v) is 8.58. The Bertz CT molecular complexity index is 859. The summed E-state index contributed by atoms with van der Waals surface area (Å²) in [6.45, 7) is 1.26. The molecule has 0 atom stereocenters. The van der Waals surface area contributed by atoms with Crippen LogP contribution >= 0.6 is 0 Å². The van der Waals surface area contributed by atoms with Gasteiger partial charge in [0, 0.05) is 24.2 Å². The molecule has 1 saturated carbocycles. The van der Waals surface area contributed by atoms with Crippen LogP contribution in [0, 0.1) is 5.82 Å². The van der Waals surface area contributed by atoms with E-state index in [0.717, 1.165) is 38.2 Å². The minimum absolute atomic E-state index is 0.109. The summed E-state index contributed by atoms with van der Waals surface area (Å²) < 4.78 is 16.2. The maximum atomic E-state index is 14.4. The topological polar surface area (TPSA) is 97.3 Å². The van der Waals surface area contributed by atoms with Crippen LogP contribution in [-0.2, 0) is 0 Å². The molecule has 4 N–H and O–H groups in total. The molecule has 6 nitrogen and oxygen atoms in total. The number of benzene rings is 1. The Balaban J connectivity index is 1.98. The molecule has 0 bridgehead atoms. The fourth-order valence-corrected chi connectivity index (χ4v) is 2.98. The van der Waals surface area contributed by atoms with E-state index in [1.165, 1.54) is 6.20 Å². The maximum Gasteiger partial charge on any atom is 0.341 e. The SMILES string of the molecule is NCCCCCNc1cc2c(cc1F)c(=O)c(C(=O)O)cn2C1CC1. The number of unbranched alkanes of at least 4 members (excludes halogenated alkanes) is 2. The number of nitrogens with zero attached hydrogens (tertiary/aromatic N) is 1. The second kappa shape index (κ2) is 7.23. The van der Waals surface area contributed by atoms with E-state index < -0.39 is 17.2 Å². The van der Waals surface area contributed by atoms with E-state index >= 15 is 0 Å². The average molecular weight is 347 g/mol. The number of fused-ring (bicyclic) bond motifs is 1. The first-order valence-electron chi connectivity index (χ1n) is 8.58. The lowest BCUT2D eigenvalue weighted by atomic mass is 10.1. The highest BCUT2D eigenvalue weighted by atomic mass is 19.1. The Kier molecular flexibility index (Phi) is 5.03. The normalized spacial score (nSPS) is 14.0. The predicted molar refractivity (Wildman–Crippen MR) is 94.8 cm³/mol. The first-order chi connectivity index (χ1) is 12.0. The third-order valence-corrected chi connectivity index (χ3v) is 4.49. The molecule has 25 heavy (non-hydrogen) atoms. The number of hydrogen-bond acceptors (Lipinski definition) is 4. The average Bonchev–Trinajstić information content (AvgIpc) is 3.40. The third-order valence-electron chi connectivity index (χ3n) is 4.49. The van der Waals surface area contributed by atoms with Crippen molar-refractivity contribution in [1.82, 2.24) is 4.57 Å². The molecule has 0 saturated heterocycles. The summed E-state index contributed by atoms with van der Waals surface area (Å²) in [6.07, 6.45) is 6.01. The van der Waals surface area contributed by atoms with Crippen molar-refractivity contribution in [2.45, 2.75) is 38.1 Å². The van der Waals surface area contributed by atoms with Gasteiger partial charge in [-0.25, -0.2) is 9.18 Å². The standard InChI is InChI=1S/C18H22FN3O3/c19-14-8-12-16(9-15(14)21-7-3-1-2-6-20)22(11-4-5-11)10-13(17(12)23)18(24)25/h8-11,21H,1-7,20H2,(H,24,25). The minimum atomic E-state index is -1.29. The number of aromatic nitrogens is 1. The molecule has 1 aliphatic carbocycles. The molecule has 0 radical (unpaired) electrons. The van der Waals surface area contributed by atoms with Crippen molar-refractivity contribution in [2.24, 2.45) is 5.73 Å². The van der Waals surface area contributed by atoms with E-state index in [9.17, 15) is 19.1 Å². The van der Waals surface area contributed by atoms with E-state index in [2.05, 4.69) is 5.32 Å². The number of rotatable bonds is 8. The van der Waals surface area contributed by atoms with Crippen LogP contribution in [0.2, 0.25) is 0 Å². The molecular weight excluding hydrogens is 325 g/mol. The number of nitrogens with one attached hydrogen (secondary N) is 1. The molecule has 1 heterocycles. The Hall–Kier alpha value is -2.41. The van der Waals surface area contributed by atoms with Crippen molar-refractivity contribution in [2.75, 3.05) is 18.4 Å². The number of carboxylic acids is 1. The number of pyridine rings is 1. The Morgan fingerprint density at radius 1 is 1.32 bits per heavy atom. The van der Waals surface area contributed by atoms with Crippen LogP contribution in [0.5, 0.6) is 0 Å². The molecule has 1 aliphatic rings. The second-order valence-corrected chi connectivity index (χ2v) is 6.44. The summed E-state index contributed by atoms with van der Waals surface area (Å²) in [5, 5.41) is 12.4. The maximum absolute atomic E-state index is 14.4. The molecular formula is C18H22FN3O3. The van der Waals surface area contributed by atoms with Crippen LogP contribution in [0.4, 0.5) is 10.1 Å². The first kappa shape index (κ1) is 17.4. The van der Waals surface area contributed by atoms with Crippen LogP contribution in [-0.4, -0.2) is 28.7 Å². The van der Waals surface area contributed by atoms with E-state index in [0.29, 0.717) is 24.3 Å². The molecule has 2 aromatic rings. The van der Waals surface area contributed by atoms with E-state index in [-0.39, 0.29) is 17.0 Å². The van der Waals surface area contributed by atoms with Crippen LogP contribution in [0.3, 0.4) is 0 Å². The molecule has 1 fully saturated rings. The van der Waals surface area contributed by atoms with E-state index in [4.69, 9.17) is 5.73 Å². The van der Waals surface area contributed by atoms with Gasteiger partial charge in [0.05, 0.1) is 11.2 Å². The van der Waals surface area contributed by atoms with Crippen molar-refractivity contribution < 1.29 is 14.3 Å². The number of nitrogens with two attached hydrogens (primary N) is 1. The number of carbonyl (C=O) groups is 1. The summed E-state index contributed by atoms with van der Waals surface area (Å²) in [6, 6.07) is 2.92. The molecule has 1 aromatic carbocycles. The molecule has 0 aliphatic heterocycles. The van der Waals surface area contributed by atoms with Crippen LogP contribution < -0.4 is 16.5 Å². The fraction of sp³-hybridized carbons (Fsp3) is 0.444. The van der Waals surface area contributed by atoms with Gasteiger partial charge in [-0.3, -0.25) is 4.79 Å². The summed E-state index contributed by atoms with van der Waals surface area (Å²) in [5.41, 5.74) is 5.39. The number of aromatic carboxylic acids is 1. The fourth-order valence-electron chi connectivity index (χ4n) is 2.98. The number of hydrogen-bond donors (Lipinski definition) is 3. The lowest BCUT2D eigenvalue weighted by molar-refractivity contribution is 0.0695. The van der Waals surface area contributed by atoms with Crippen LogP contribution in [0.1, 0.15) is 48.5 Å². The zero-order valence-electron chi connectivity index (χ0n) is 13.9. The Morgan fingerprint density at radius 2 is 2.08 bits per heavy atom. The second-order valence-electron chi connectivity index (χ2n) is 6.44. The summed E-state index contributed by atoms with van der Waals surface area (Å²) in [5.74, 6) is -1.84. The highest BCUT2D eigenvalue weighted by molar-refractivity contribution is 5.93. The van der Waals surface area contributed by atoms with Crippen molar-refractivity contribution in [1.29, 1.82) is 0 Å².